The summed E-state index contributed by atoms with van der Waals surface area (Å²) in [4.78, 5) is 16.2. The van der Waals surface area contributed by atoms with Gasteiger partial charge in [-0.2, -0.15) is 13.2 Å². The molecule has 0 atom stereocenters. The number of benzene rings is 1. The molecule has 29 heavy (non-hydrogen) atoms. The topological polar surface area (TPSA) is 73.6 Å². The number of aromatic nitrogens is 2. The molecule has 6 nitrogen and oxygen atoms in total. The number of carbonyl (C=O) groups is 1. The first kappa shape index (κ1) is 20.5. The van der Waals surface area contributed by atoms with Gasteiger partial charge in [-0.15, -0.1) is 0 Å². The van der Waals surface area contributed by atoms with Gasteiger partial charge in [0.15, 0.2) is 18.1 Å². The van der Waals surface area contributed by atoms with Gasteiger partial charge in [-0.1, -0.05) is 19.1 Å². The molecule has 0 fully saturated rings. The van der Waals surface area contributed by atoms with E-state index in [2.05, 4.69) is 4.98 Å². The van der Waals surface area contributed by atoms with Crippen molar-refractivity contribution in [3.05, 3.63) is 41.7 Å². The predicted molar refractivity (Wildman–Crippen MR) is 101 cm³/mol. The second-order valence-electron chi connectivity index (χ2n) is 6.38. The molecular formula is C20H19F3N2O4. The summed E-state index contributed by atoms with van der Waals surface area (Å²) < 4.78 is 49.4. The molecule has 2 heterocycles. The SMILES string of the molecule is CCc1nc2c(cc1-c1ccc(OC)cc1)c(OCC(F)(F)F)c(C(=O)O)n2C. The Morgan fingerprint density at radius 2 is 1.90 bits per heavy atom. The highest BCUT2D eigenvalue weighted by Crippen LogP contribution is 2.37. The number of ether oxygens (including phenoxy) is 2. The highest BCUT2D eigenvalue weighted by Gasteiger charge is 2.32. The Hall–Kier alpha value is -3.23. The summed E-state index contributed by atoms with van der Waals surface area (Å²) >= 11 is 0. The maximum atomic E-state index is 12.7. The van der Waals surface area contributed by atoms with Crippen molar-refractivity contribution in [2.75, 3.05) is 13.7 Å². The van der Waals surface area contributed by atoms with Gasteiger partial charge < -0.3 is 19.1 Å². The third kappa shape index (κ3) is 3.98. The lowest BCUT2D eigenvalue weighted by atomic mass is 10.0. The number of nitrogens with zero attached hydrogens (tertiary/aromatic N) is 2. The average molecular weight is 408 g/mol. The molecule has 3 rings (SSSR count). The van der Waals surface area contributed by atoms with Gasteiger partial charge in [0.2, 0.25) is 0 Å². The monoisotopic (exact) mass is 408 g/mol. The number of hydrogen-bond donors (Lipinski definition) is 1. The predicted octanol–water partition coefficient (Wildman–Crippen LogP) is 4.45. The zero-order valence-electron chi connectivity index (χ0n) is 16.0. The zero-order chi connectivity index (χ0) is 21.3. The second kappa shape index (κ2) is 7.65. The van der Waals surface area contributed by atoms with Gasteiger partial charge in [0.1, 0.15) is 11.4 Å². The van der Waals surface area contributed by atoms with Crippen molar-refractivity contribution in [1.29, 1.82) is 0 Å². The van der Waals surface area contributed by atoms with Crippen molar-refractivity contribution < 1.29 is 32.5 Å². The van der Waals surface area contributed by atoms with Crippen LogP contribution in [0, 0.1) is 0 Å². The molecular weight excluding hydrogens is 389 g/mol. The molecule has 0 radical (unpaired) electrons. The van der Waals surface area contributed by atoms with Gasteiger partial charge in [0.25, 0.3) is 0 Å². The minimum Gasteiger partial charge on any atom is -0.497 e. The van der Waals surface area contributed by atoms with Crippen LogP contribution in [0.1, 0.15) is 23.1 Å². The van der Waals surface area contributed by atoms with Gasteiger partial charge in [-0.25, -0.2) is 9.78 Å². The van der Waals surface area contributed by atoms with Crippen LogP contribution in [0.2, 0.25) is 0 Å². The van der Waals surface area contributed by atoms with E-state index in [0.717, 1.165) is 5.56 Å². The summed E-state index contributed by atoms with van der Waals surface area (Å²) in [5, 5.41) is 9.73. The molecule has 0 aliphatic heterocycles. The molecule has 154 valence electrons. The molecule has 0 bridgehead atoms. The van der Waals surface area contributed by atoms with Crippen LogP contribution in [-0.4, -0.2) is 40.5 Å². The van der Waals surface area contributed by atoms with E-state index in [9.17, 15) is 23.1 Å². The smallest absolute Gasteiger partial charge is 0.422 e. The van der Waals surface area contributed by atoms with Crippen molar-refractivity contribution in [2.45, 2.75) is 19.5 Å². The Morgan fingerprint density at radius 1 is 1.24 bits per heavy atom. The summed E-state index contributed by atoms with van der Waals surface area (Å²) in [6.45, 7) is 0.295. The third-order valence-corrected chi connectivity index (χ3v) is 4.51. The summed E-state index contributed by atoms with van der Waals surface area (Å²) in [5.74, 6) is -1.09. The van der Waals surface area contributed by atoms with E-state index in [0.29, 0.717) is 23.4 Å². The largest absolute Gasteiger partial charge is 0.497 e. The normalized spacial score (nSPS) is 11.7. The second-order valence-corrected chi connectivity index (χ2v) is 6.38. The van der Waals surface area contributed by atoms with Crippen molar-refractivity contribution >= 4 is 17.0 Å². The molecule has 0 saturated heterocycles. The summed E-state index contributed by atoms with van der Waals surface area (Å²) in [5.41, 5.74) is 2.00. The number of fused-ring (bicyclic) bond motifs is 1. The molecule has 0 unspecified atom stereocenters. The van der Waals surface area contributed by atoms with Gasteiger partial charge in [0.05, 0.1) is 18.2 Å². The van der Waals surface area contributed by atoms with Crippen molar-refractivity contribution in [2.24, 2.45) is 7.05 Å². The van der Waals surface area contributed by atoms with Crippen LogP contribution in [0.4, 0.5) is 13.2 Å². The summed E-state index contributed by atoms with van der Waals surface area (Å²) in [7, 11) is 2.98. The molecule has 0 aliphatic rings. The van der Waals surface area contributed by atoms with Crippen LogP contribution in [0.5, 0.6) is 11.5 Å². The lowest BCUT2D eigenvalue weighted by molar-refractivity contribution is -0.153. The number of methoxy groups -OCH3 is 1. The number of hydrogen-bond acceptors (Lipinski definition) is 4. The Morgan fingerprint density at radius 3 is 2.41 bits per heavy atom. The van der Waals surface area contributed by atoms with Gasteiger partial charge in [0, 0.05) is 12.6 Å². The van der Waals surface area contributed by atoms with E-state index in [-0.39, 0.29) is 22.5 Å². The molecule has 0 amide bonds. The van der Waals surface area contributed by atoms with E-state index < -0.39 is 18.8 Å². The lowest BCUT2D eigenvalue weighted by Gasteiger charge is -2.11. The van der Waals surface area contributed by atoms with Crippen molar-refractivity contribution in [3.8, 4) is 22.6 Å². The van der Waals surface area contributed by atoms with E-state index >= 15 is 0 Å². The summed E-state index contributed by atoms with van der Waals surface area (Å²) in [6, 6.07) is 8.75. The number of aromatic carboxylic acids is 1. The average Bonchev–Trinajstić information content (AvgIpc) is 2.96. The van der Waals surface area contributed by atoms with Crippen LogP contribution in [-0.2, 0) is 13.5 Å². The Labute approximate surface area is 164 Å². The Balaban J connectivity index is 2.24. The van der Waals surface area contributed by atoms with Crippen molar-refractivity contribution in [1.82, 2.24) is 9.55 Å². The lowest BCUT2D eigenvalue weighted by Crippen LogP contribution is -2.20. The standard InChI is InChI=1S/C20H19F3N2O4/c1-4-15-13(11-5-7-12(28-3)8-6-11)9-14-17(29-10-20(21,22)23)16(19(26)27)25(2)18(14)24-15/h5-9H,4,10H2,1-3H3,(H,26,27). The van der Waals surface area contributed by atoms with E-state index in [1.807, 2.05) is 6.92 Å². The fourth-order valence-corrected chi connectivity index (χ4v) is 3.18. The number of aryl methyl sites for hydroxylation is 2. The van der Waals surface area contributed by atoms with E-state index in [1.54, 1.807) is 37.4 Å². The molecule has 1 aromatic carbocycles. The highest BCUT2D eigenvalue weighted by atomic mass is 19.4. The van der Waals surface area contributed by atoms with Crippen molar-refractivity contribution in [3.63, 3.8) is 0 Å². The first-order valence-corrected chi connectivity index (χ1v) is 8.75. The van der Waals surface area contributed by atoms with E-state index in [1.165, 1.54) is 11.6 Å². The molecule has 1 N–H and O–H groups in total. The molecule has 0 saturated carbocycles. The van der Waals surface area contributed by atoms with Gasteiger partial charge in [-0.3, -0.25) is 0 Å². The molecule has 9 heteroatoms. The maximum Gasteiger partial charge on any atom is 0.422 e. The molecule has 2 aromatic heterocycles. The Bertz CT molecular complexity index is 1060. The minimum atomic E-state index is -4.60. The van der Waals surface area contributed by atoms with E-state index in [4.69, 9.17) is 9.47 Å². The highest BCUT2D eigenvalue weighted by molar-refractivity contribution is 6.01. The number of alkyl halides is 3. The first-order chi connectivity index (χ1) is 13.7. The quantitative estimate of drug-likeness (QED) is 0.652. The number of pyridine rings is 1. The zero-order valence-corrected chi connectivity index (χ0v) is 16.0. The van der Waals surface area contributed by atoms with Crippen LogP contribution in [0.3, 0.4) is 0 Å². The third-order valence-electron chi connectivity index (χ3n) is 4.51. The fourth-order valence-electron chi connectivity index (χ4n) is 3.18. The number of rotatable bonds is 6. The van der Waals surface area contributed by atoms with Crippen LogP contribution in [0.15, 0.2) is 30.3 Å². The molecule has 3 aromatic rings. The molecule has 0 aliphatic carbocycles. The first-order valence-electron chi connectivity index (χ1n) is 8.75. The number of carboxylic acid groups (broad SMARTS) is 1. The number of halogens is 3. The molecule has 0 spiro atoms. The maximum absolute atomic E-state index is 12.7. The van der Waals surface area contributed by atoms with Crippen LogP contribution < -0.4 is 9.47 Å². The number of carboxylic acids is 1. The fraction of sp³-hybridized carbons (Fsp3) is 0.300. The van der Waals surface area contributed by atoms with Gasteiger partial charge >= 0.3 is 12.1 Å². The van der Waals surface area contributed by atoms with Gasteiger partial charge in [-0.05, 0) is 30.2 Å². The van der Waals surface area contributed by atoms with Crippen LogP contribution in [0.25, 0.3) is 22.2 Å². The summed E-state index contributed by atoms with van der Waals surface area (Å²) in [6.07, 6.45) is -4.06. The van der Waals surface area contributed by atoms with Crippen LogP contribution >= 0.6 is 0 Å². The minimum absolute atomic E-state index is 0.206. The Kier molecular flexibility index (Phi) is 5.41.